The van der Waals surface area contributed by atoms with Crippen molar-refractivity contribution in [1.29, 1.82) is 0 Å². The Morgan fingerprint density at radius 1 is 0.971 bits per heavy atom. The fourth-order valence-corrected chi connectivity index (χ4v) is 3.76. The van der Waals surface area contributed by atoms with Crippen LogP contribution >= 0.6 is 23.4 Å². The maximum Gasteiger partial charge on any atom is 0.277 e. The molecule has 34 heavy (non-hydrogen) atoms. The summed E-state index contributed by atoms with van der Waals surface area (Å²) in [5.41, 5.74) is 1.76. The van der Waals surface area contributed by atoms with Crippen LogP contribution in [-0.4, -0.2) is 21.4 Å². The molecule has 4 aromatic rings. The average Bonchev–Trinajstić information content (AvgIpc) is 3.31. The molecule has 0 unspecified atom stereocenters. The first-order valence-electron chi connectivity index (χ1n) is 10.5. The van der Waals surface area contributed by atoms with E-state index in [1.807, 2.05) is 54.6 Å². The van der Waals surface area contributed by atoms with E-state index in [1.165, 1.54) is 11.8 Å². The molecule has 0 aliphatic carbocycles. The minimum absolute atomic E-state index is 0.0799. The molecule has 0 radical (unpaired) electrons. The van der Waals surface area contributed by atoms with Gasteiger partial charge in [0.25, 0.3) is 11.1 Å². The molecule has 0 aliphatic rings. The second-order valence-electron chi connectivity index (χ2n) is 7.23. The fraction of sp³-hybridized carbons (Fsp3) is 0.160. The summed E-state index contributed by atoms with van der Waals surface area (Å²) in [6, 6.07) is 24.3. The van der Waals surface area contributed by atoms with Gasteiger partial charge in [-0.1, -0.05) is 65.8 Å². The Labute approximate surface area is 206 Å². The molecule has 1 aromatic heterocycles. The Morgan fingerprint density at radius 3 is 2.47 bits per heavy atom. The first-order valence-corrected chi connectivity index (χ1v) is 11.8. The third kappa shape index (κ3) is 6.76. The first kappa shape index (κ1) is 23.7. The number of rotatable bonds is 10. The molecule has 0 bridgehead atoms. The highest BCUT2D eigenvalue weighted by molar-refractivity contribution is 8.00. The summed E-state index contributed by atoms with van der Waals surface area (Å²) in [6.07, 6.45) is 0. The van der Waals surface area contributed by atoms with Gasteiger partial charge >= 0.3 is 0 Å². The number of halogens is 1. The van der Waals surface area contributed by atoms with Gasteiger partial charge < -0.3 is 19.2 Å². The van der Waals surface area contributed by atoms with Gasteiger partial charge in [0.15, 0.2) is 6.61 Å². The number of amides is 1. The molecule has 0 spiro atoms. The highest BCUT2D eigenvalue weighted by Gasteiger charge is 2.19. The molecule has 4 rings (SSSR count). The number of nitrogens with zero attached hydrogens (tertiary/aromatic N) is 2. The van der Waals surface area contributed by atoms with Crippen LogP contribution in [0.4, 0.5) is 5.69 Å². The van der Waals surface area contributed by atoms with E-state index in [0.717, 1.165) is 11.3 Å². The monoisotopic (exact) mass is 495 g/mol. The minimum Gasteiger partial charge on any atom is -0.489 e. The van der Waals surface area contributed by atoms with E-state index in [4.69, 9.17) is 25.5 Å². The number of thioether (sulfide) groups is 1. The van der Waals surface area contributed by atoms with Crippen molar-refractivity contribution < 1.29 is 18.7 Å². The topological polar surface area (TPSA) is 86.5 Å². The van der Waals surface area contributed by atoms with E-state index in [0.29, 0.717) is 29.0 Å². The number of para-hydroxylation sites is 1. The van der Waals surface area contributed by atoms with Crippen molar-refractivity contribution in [2.45, 2.75) is 30.6 Å². The minimum atomic E-state index is -0.452. The molecule has 1 heterocycles. The highest BCUT2D eigenvalue weighted by Crippen LogP contribution is 2.26. The van der Waals surface area contributed by atoms with E-state index in [2.05, 4.69) is 15.5 Å². The van der Waals surface area contributed by atoms with Crippen LogP contribution in [0.15, 0.2) is 88.5 Å². The summed E-state index contributed by atoms with van der Waals surface area (Å²) in [5.74, 6) is 1.36. The van der Waals surface area contributed by atoms with E-state index >= 15 is 0 Å². The summed E-state index contributed by atoms with van der Waals surface area (Å²) in [6.45, 7) is 2.33. The number of benzene rings is 3. The molecule has 174 valence electrons. The van der Waals surface area contributed by atoms with Crippen molar-refractivity contribution in [3.05, 3.63) is 95.3 Å². The Balaban J connectivity index is 1.24. The van der Waals surface area contributed by atoms with Gasteiger partial charge in [-0.15, -0.1) is 10.2 Å². The maximum atomic E-state index is 12.6. The lowest BCUT2D eigenvalue weighted by molar-refractivity contribution is -0.115. The molecular weight excluding hydrogens is 474 g/mol. The lowest BCUT2D eigenvalue weighted by Gasteiger charge is -2.11. The average molecular weight is 496 g/mol. The van der Waals surface area contributed by atoms with Gasteiger partial charge in [0.05, 0.1) is 10.3 Å². The van der Waals surface area contributed by atoms with Crippen LogP contribution in [0.3, 0.4) is 0 Å². The number of nitrogens with one attached hydrogen (secondary N) is 1. The Kier molecular flexibility index (Phi) is 8.06. The van der Waals surface area contributed by atoms with Crippen LogP contribution in [0, 0.1) is 0 Å². The van der Waals surface area contributed by atoms with Crippen LogP contribution in [0.5, 0.6) is 11.5 Å². The molecule has 0 fully saturated rings. The van der Waals surface area contributed by atoms with Crippen LogP contribution in [0.25, 0.3) is 0 Å². The van der Waals surface area contributed by atoms with E-state index in [1.54, 1.807) is 31.2 Å². The second kappa shape index (κ2) is 11.6. The van der Waals surface area contributed by atoms with Gasteiger partial charge in [0.1, 0.15) is 18.1 Å². The van der Waals surface area contributed by atoms with Crippen molar-refractivity contribution in [3.8, 4) is 11.5 Å². The third-order valence-corrected chi connectivity index (χ3v) is 5.90. The van der Waals surface area contributed by atoms with Crippen LogP contribution in [-0.2, 0) is 18.0 Å². The molecule has 0 aliphatic heterocycles. The summed E-state index contributed by atoms with van der Waals surface area (Å²) >= 11 is 7.24. The van der Waals surface area contributed by atoms with Crippen molar-refractivity contribution in [2.24, 2.45) is 0 Å². The van der Waals surface area contributed by atoms with Crippen LogP contribution in [0.2, 0.25) is 5.02 Å². The number of ether oxygens (including phenoxy) is 2. The normalized spacial score (nSPS) is 11.6. The predicted molar refractivity (Wildman–Crippen MR) is 131 cm³/mol. The summed E-state index contributed by atoms with van der Waals surface area (Å²) in [4.78, 5) is 12.6. The van der Waals surface area contributed by atoms with Gasteiger partial charge in [-0.3, -0.25) is 4.79 Å². The Bertz CT molecular complexity index is 1220. The number of anilines is 1. The largest absolute Gasteiger partial charge is 0.489 e. The number of carbonyl (C=O) groups excluding carboxylic acids is 1. The molecular formula is C25H22ClN3O4S. The highest BCUT2D eigenvalue weighted by atomic mass is 35.5. The molecule has 1 N–H and O–H groups in total. The number of aromatic nitrogens is 2. The zero-order valence-corrected chi connectivity index (χ0v) is 19.9. The van der Waals surface area contributed by atoms with Crippen molar-refractivity contribution in [3.63, 3.8) is 0 Å². The van der Waals surface area contributed by atoms with Gasteiger partial charge in [0, 0.05) is 5.69 Å². The van der Waals surface area contributed by atoms with Gasteiger partial charge in [-0.05, 0) is 48.9 Å². The Hall–Kier alpha value is -3.49. The van der Waals surface area contributed by atoms with Crippen LogP contribution < -0.4 is 14.8 Å². The summed E-state index contributed by atoms with van der Waals surface area (Å²) in [5, 5.41) is 11.1. The smallest absolute Gasteiger partial charge is 0.277 e. The summed E-state index contributed by atoms with van der Waals surface area (Å²) < 4.78 is 16.9. The van der Waals surface area contributed by atoms with Gasteiger partial charge in [-0.25, -0.2) is 0 Å². The fourth-order valence-electron chi connectivity index (χ4n) is 2.87. The van der Waals surface area contributed by atoms with Crippen molar-refractivity contribution in [1.82, 2.24) is 10.2 Å². The van der Waals surface area contributed by atoms with E-state index < -0.39 is 5.25 Å². The summed E-state index contributed by atoms with van der Waals surface area (Å²) in [7, 11) is 0. The van der Waals surface area contributed by atoms with E-state index in [-0.39, 0.29) is 17.7 Å². The zero-order valence-electron chi connectivity index (χ0n) is 18.3. The quantitative estimate of drug-likeness (QED) is 0.270. The second-order valence-corrected chi connectivity index (χ2v) is 8.93. The molecule has 1 amide bonds. The molecule has 0 saturated heterocycles. The molecule has 3 aromatic carbocycles. The molecule has 0 saturated carbocycles. The molecule has 7 nitrogen and oxygen atoms in total. The Morgan fingerprint density at radius 2 is 1.71 bits per heavy atom. The van der Waals surface area contributed by atoms with E-state index in [9.17, 15) is 4.79 Å². The van der Waals surface area contributed by atoms with Gasteiger partial charge in [-0.2, -0.15) is 0 Å². The van der Waals surface area contributed by atoms with Gasteiger partial charge in [0.2, 0.25) is 5.91 Å². The SMILES string of the molecule is C[C@@H](Sc1nnc(COc2ccccc2Cl)o1)C(=O)Nc1ccc(OCc2ccccc2)cc1. The van der Waals surface area contributed by atoms with Crippen molar-refractivity contribution >= 4 is 35.0 Å². The lowest BCUT2D eigenvalue weighted by atomic mass is 10.2. The van der Waals surface area contributed by atoms with Crippen molar-refractivity contribution in [2.75, 3.05) is 5.32 Å². The van der Waals surface area contributed by atoms with Crippen LogP contribution in [0.1, 0.15) is 18.4 Å². The standard InChI is InChI=1S/C25H22ClN3O4S/c1-17(34-25-29-28-23(33-25)16-32-22-10-6-5-9-21(22)26)24(30)27-19-11-13-20(14-12-19)31-15-18-7-3-2-4-8-18/h2-14,17H,15-16H2,1H3,(H,27,30)/t17-/m1/s1. The molecule has 9 heteroatoms. The zero-order chi connectivity index (χ0) is 23.8. The third-order valence-electron chi connectivity index (χ3n) is 4.65. The number of hydrogen-bond donors (Lipinski definition) is 1. The number of carbonyl (C=O) groups is 1. The molecule has 1 atom stereocenters. The first-order chi connectivity index (χ1) is 16.6. The predicted octanol–water partition coefficient (Wildman–Crippen LogP) is 6.00. The number of hydrogen-bond acceptors (Lipinski definition) is 7. The maximum absolute atomic E-state index is 12.6. The lowest BCUT2D eigenvalue weighted by Crippen LogP contribution is -2.22.